The molecule has 1 fully saturated rings. The molecule has 0 bridgehead atoms. The number of hydrogen-bond acceptors (Lipinski definition) is 4. The lowest BCUT2D eigenvalue weighted by Crippen LogP contribution is -2.53. The van der Waals surface area contributed by atoms with Gasteiger partial charge in [-0.05, 0) is 29.8 Å². The van der Waals surface area contributed by atoms with Crippen molar-refractivity contribution in [2.45, 2.75) is 6.54 Å². The molecule has 8 heteroatoms. The molecular formula is C22H28IN5O2. The van der Waals surface area contributed by atoms with Gasteiger partial charge in [0.15, 0.2) is 11.7 Å². The Morgan fingerprint density at radius 3 is 2.30 bits per heavy atom. The van der Waals surface area contributed by atoms with E-state index in [-0.39, 0.29) is 29.9 Å². The molecule has 30 heavy (non-hydrogen) atoms. The maximum Gasteiger partial charge on any atom is 0.289 e. The fraction of sp³-hybridized carbons (Fsp3) is 0.364. The summed E-state index contributed by atoms with van der Waals surface area (Å²) in [4.78, 5) is 23.2. The first kappa shape index (κ1) is 22.2. The van der Waals surface area contributed by atoms with E-state index < -0.39 is 0 Å². The number of nitrogens with one attached hydrogen (secondary N) is 1. The van der Waals surface area contributed by atoms with Gasteiger partial charge in [-0.25, -0.2) is 0 Å². The summed E-state index contributed by atoms with van der Waals surface area (Å²) in [5.41, 5.74) is 2.47. The molecule has 7 nitrogen and oxygen atoms in total. The van der Waals surface area contributed by atoms with Gasteiger partial charge in [0.05, 0.1) is 6.26 Å². The third kappa shape index (κ3) is 5.16. The van der Waals surface area contributed by atoms with Gasteiger partial charge >= 0.3 is 0 Å². The number of anilines is 1. The molecule has 2 aliphatic heterocycles. The molecule has 2 aliphatic rings. The zero-order valence-corrected chi connectivity index (χ0v) is 19.5. The van der Waals surface area contributed by atoms with Crippen molar-refractivity contribution in [3.8, 4) is 0 Å². The highest BCUT2D eigenvalue weighted by Gasteiger charge is 2.25. The van der Waals surface area contributed by atoms with Crippen LogP contribution in [-0.2, 0) is 6.54 Å². The van der Waals surface area contributed by atoms with Crippen LogP contribution in [0.5, 0.6) is 0 Å². The Hall–Kier alpha value is -2.49. The lowest BCUT2D eigenvalue weighted by Gasteiger charge is -2.36. The van der Waals surface area contributed by atoms with E-state index in [2.05, 4.69) is 56.5 Å². The van der Waals surface area contributed by atoms with Crippen LogP contribution >= 0.6 is 24.0 Å². The summed E-state index contributed by atoms with van der Waals surface area (Å²) < 4.78 is 5.23. The van der Waals surface area contributed by atoms with Crippen molar-refractivity contribution in [1.29, 1.82) is 0 Å². The number of halogens is 1. The van der Waals surface area contributed by atoms with Gasteiger partial charge in [0.1, 0.15) is 0 Å². The molecule has 4 rings (SSSR count). The summed E-state index contributed by atoms with van der Waals surface area (Å²) in [6, 6.07) is 12.1. The van der Waals surface area contributed by atoms with Crippen molar-refractivity contribution >= 4 is 41.5 Å². The van der Waals surface area contributed by atoms with Crippen molar-refractivity contribution in [2.75, 3.05) is 51.2 Å². The van der Waals surface area contributed by atoms with Crippen molar-refractivity contribution in [2.24, 2.45) is 4.99 Å². The molecule has 0 atom stereocenters. The second kappa shape index (κ2) is 10.5. The summed E-state index contributed by atoms with van der Waals surface area (Å²) in [6.07, 6.45) is 5.92. The van der Waals surface area contributed by atoms with Gasteiger partial charge in [-0.3, -0.25) is 9.79 Å². The Bertz CT molecular complexity index is 863. The highest BCUT2D eigenvalue weighted by atomic mass is 127. The molecule has 0 spiro atoms. The van der Waals surface area contributed by atoms with E-state index in [0.29, 0.717) is 18.8 Å². The first-order valence-corrected chi connectivity index (χ1v) is 10.0. The van der Waals surface area contributed by atoms with E-state index in [1.54, 1.807) is 19.2 Å². The van der Waals surface area contributed by atoms with Crippen molar-refractivity contribution in [3.63, 3.8) is 0 Å². The number of amides is 1. The van der Waals surface area contributed by atoms with Gasteiger partial charge in [-0.15, -0.1) is 24.0 Å². The number of rotatable bonds is 4. The van der Waals surface area contributed by atoms with E-state index in [1.807, 2.05) is 4.90 Å². The van der Waals surface area contributed by atoms with Crippen LogP contribution in [0.2, 0.25) is 0 Å². The highest BCUT2D eigenvalue weighted by Crippen LogP contribution is 2.17. The fourth-order valence-electron chi connectivity index (χ4n) is 3.70. The van der Waals surface area contributed by atoms with Crippen LogP contribution < -0.4 is 10.2 Å². The number of hydrogen-bond donors (Lipinski definition) is 1. The fourth-order valence-corrected chi connectivity index (χ4v) is 3.70. The highest BCUT2D eigenvalue weighted by molar-refractivity contribution is 14.0. The van der Waals surface area contributed by atoms with Crippen LogP contribution in [0.4, 0.5) is 5.69 Å². The maximum absolute atomic E-state index is 12.4. The largest absolute Gasteiger partial charge is 0.459 e. The molecule has 0 aliphatic carbocycles. The number of aliphatic imine (C=N–C) groups is 1. The zero-order valence-electron chi connectivity index (χ0n) is 17.2. The van der Waals surface area contributed by atoms with Gasteiger partial charge in [0, 0.05) is 58.5 Å². The maximum atomic E-state index is 12.4. The molecule has 160 valence electrons. The van der Waals surface area contributed by atoms with Crippen LogP contribution in [0.1, 0.15) is 16.1 Å². The smallest absolute Gasteiger partial charge is 0.289 e. The van der Waals surface area contributed by atoms with Gasteiger partial charge < -0.3 is 24.4 Å². The lowest BCUT2D eigenvalue weighted by atomic mass is 10.2. The predicted octanol–water partition coefficient (Wildman–Crippen LogP) is 2.81. The minimum atomic E-state index is -0.0501. The Kier molecular flexibility index (Phi) is 7.78. The van der Waals surface area contributed by atoms with Gasteiger partial charge in [-0.2, -0.15) is 0 Å². The molecule has 3 heterocycles. The van der Waals surface area contributed by atoms with E-state index in [0.717, 1.165) is 38.7 Å². The number of furan rings is 1. The quantitative estimate of drug-likeness (QED) is 0.290. The topological polar surface area (TPSA) is 64.3 Å². The molecule has 1 amide bonds. The van der Waals surface area contributed by atoms with Crippen LogP contribution in [0.25, 0.3) is 0 Å². The normalized spacial score (nSPS) is 16.6. The number of guanidine groups is 1. The average molecular weight is 521 g/mol. The number of benzene rings is 1. The number of piperazine rings is 1. The third-order valence-corrected chi connectivity index (χ3v) is 5.38. The van der Waals surface area contributed by atoms with E-state index >= 15 is 0 Å². The van der Waals surface area contributed by atoms with Gasteiger partial charge in [0.2, 0.25) is 0 Å². The number of carbonyl (C=O) groups excluding carboxylic acids is 1. The van der Waals surface area contributed by atoms with Crippen LogP contribution in [0, 0.1) is 0 Å². The molecule has 1 aromatic heterocycles. The Balaban J connectivity index is 0.00000256. The van der Waals surface area contributed by atoms with Crippen LogP contribution in [-0.4, -0.2) is 68.0 Å². The van der Waals surface area contributed by atoms with Gasteiger partial charge in [-0.1, -0.05) is 24.3 Å². The SMILES string of the molecule is CN=C(NCc1ccc(N2CC=CC2)cc1)N1CCN(C(=O)c2ccco2)CC1.I. The van der Waals surface area contributed by atoms with Crippen LogP contribution in [0.15, 0.2) is 64.2 Å². The Morgan fingerprint density at radius 1 is 1.03 bits per heavy atom. The summed E-state index contributed by atoms with van der Waals surface area (Å²) >= 11 is 0. The third-order valence-electron chi connectivity index (χ3n) is 5.38. The molecule has 2 aromatic rings. The van der Waals surface area contributed by atoms with Gasteiger partial charge in [0.25, 0.3) is 5.91 Å². The minimum absolute atomic E-state index is 0. The first-order chi connectivity index (χ1) is 14.2. The summed E-state index contributed by atoms with van der Waals surface area (Å²) in [6.45, 7) is 5.48. The predicted molar refractivity (Wildman–Crippen MR) is 130 cm³/mol. The van der Waals surface area contributed by atoms with E-state index in [1.165, 1.54) is 17.5 Å². The Labute approximate surface area is 194 Å². The molecule has 0 saturated carbocycles. The Morgan fingerprint density at radius 2 is 1.70 bits per heavy atom. The first-order valence-electron chi connectivity index (χ1n) is 10.0. The molecule has 1 N–H and O–H groups in total. The molecule has 0 radical (unpaired) electrons. The summed E-state index contributed by atoms with van der Waals surface area (Å²) in [5, 5.41) is 3.44. The summed E-state index contributed by atoms with van der Waals surface area (Å²) in [5.74, 6) is 1.21. The lowest BCUT2D eigenvalue weighted by molar-refractivity contribution is 0.0657. The van der Waals surface area contributed by atoms with Crippen LogP contribution in [0.3, 0.4) is 0 Å². The van der Waals surface area contributed by atoms with Crippen molar-refractivity contribution in [3.05, 3.63) is 66.1 Å². The summed E-state index contributed by atoms with van der Waals surface area (Å²) in [7, 11) is 1.80. The van der Waals surface area contributed by atoms with Crippen molar-refractivity contribution in [1.82, 2.24) is 15.1 Å². The number of nitrogens with zero attached hydrogens (tertiary/aromatic N) is 4. The molecule has 1 saturated heterocycles. The molecular weight excluding hydrogens is 493 g/mol. The monoisotopic (exact) mass is 521 g/mol. The standard InChI is InChI=1S/C22H27N5O2.HI/c1-23-22(24-17-18-6-8-19(9-7-18)25-10-2-3-11-25)27-14-12-26(13-15-27)21(28)20-5-4-16-29-20;/h2-9,16H,10-15,17H2,1H3,(H,23,24);1H. The van der Waals surface area contributed by atoms with E-state index in [9.17, 15) is 4.79 Å². The zero-order chi connectivity index (χ0) is 20.1. The van der Waals surface area contributed by atoms with Crippen molar-refractivity contribution < 1.29 is 9.21 Å². The number of carbonyl (C=O) groups is 1. The van der Waals surface area contributed by atoms with E-state index in [4.69, 9.17) is 4.42 Å². The second-order valence-electron chi connectivity index (χ2n) is 7.20. The molecule has 1 aromatic carbocycles. The minimum Gasteiger partial charge on any atom is -0.459 e. The molecule has 0 unspecified atom stereocenters. The second-order valence-corrected chi connectivity index (χ2v) is 7.20. The average Bonchev–Trinajstić information content (AvgIpc) is 3.49.